The van der Waals surface area contributed by atoms with E-state index in [1.54, 1.807) is 12.3 Å². The zero-order valence-electron chi connectivity index (χ0n) is 11.1. The molecule has 0 bridgehead atoms. The van der Waals surface area contributed by atoms with E-state index in [0.717, 1.165) is 17.7 Å². The van der Waals surface area contributed by atoms with Crippen LogP contribution in [0.25, 0.3) is 0 Å². The van der Waals surface area contributed by atoms with E-state index in [9.17, 15) is 4.39 Å². The predicted octanol–water partition coefficient (Wildman–Crippen LogP) is 2.58. The molecule has 1 heterocycles. The largest absolute Gasteiger partial charge is 0.494 e. The SMILES string of the molecule is CNCC(c1cccnc1)c1ccc(OC)c(F)c1. The Balaban J connectivity index is 2.37. The molecule has 0 radical (unpaired) electrons. The van der Waals surface area contributed by atoms with Crippen molar-refractivity contribution >= 4 is 0 Å². The van der Waals surface area contributed by atoms with E-state index in [-0.39, 0.29) is 17.5 Å². The van der Waals surface area contributed by atoms with Crippen LogP contribution < -0.4 is 10.1 Å². The van der Waals surface area contributed by atoms with Gasteiger partial charge in [-0.1, -0.05) is 12.1 Å². The van der Waals surface area contributed by atoms with Crippen LogP contribution in [0.5, 0.6) is 5.75 Å². The molecule has 3 nitrogen and oxygen atoms in total. The summed E-state index contributed by atoms with van der Waals surface area (Å²) in [4.78, 5) is 4.12. The Morgan fingerprint density at radius 1 is 1.32 bits per heavy atom. The molecular formula is C15H17FN2O. The number of hydrogen-bond acceptors (Lipinski definition) is 3. The summed E-state index contributed by atoms with van der Waals surface area (Å²) in [5.41, 5.74) is 1.96. The quantitative estimate of drug-likeness (QED) is 0.897. The summed E-state index contributed by atoms with van der Waals surface area (Å²) in [6, 6.07) is 8.95. The van der Waals surface area contributed by atoms with Gasteiger partial charge in [0.15, 0.2) is 11.6 Å². The Kier molecular flexibility index (Phi) is 4.47. The molecule has 4 heteroatoms. The highest BCUT2D eigenvalue weighted by atomic mass is 19.1. The fourth-order valence-electron chi connectivity index (χ4n) is 2.11. The summed E-state index contributed by atoms with van der Waals surface area (Å²) in [5, 5.41) is 3.13. The smallest absolute Gasteiger partial charge is 0.165 e. The number of methoxy groups -OCH3 is 1. The van der Waals surface area contributed by atoms with E-state index < -0.39 is 0 Å². The molecule has 0 fully saturated rings. The van der Waals surface area contributed by atoms with Gasteiger partial charge in [0.05, 0.1) is 7.11 Å². The summed E-state index contributed by atoms with van der Waals surface area (Å²) >= 11 is 0. The van der Waals surface area contributed by atoms with Gasteiger partial charge in [-0.05, 0) is 36.4 Å². The molecule has 100 valence electrons. The minimum Gasteiger partial charge on any atom is -0.494 e. The van der Waals surface area contributed by atoms with Crippen molar-refractivity contribution in [1.82, 2.24) is 10.3 Å². The third-order valence-electron chi connectivity index (χ3n) is 3.07. The topological polar surface area (TPSA) is 34.2 Å². The lowest BCUT2D eigenvalue weighted by atomic mass is 9.92. The van der Waals surface area contributed by atoms with Crippen LogP contribution in [-0.4, -0.2) is 25.7 Å². The molecule has 0 aliphatic heterocycles. The van der Waals surface area contributed by atoms with Gasteiger partial charge in [-0.3, -0.25) is 4.98 Å². The Hall–Kier alpha value is -1.94. The lowest BCUT2D eigenvalue weighted by molar-refractivity contribution is 0.386. The molecule has 2 rings (SSSR count). The fourth-order valence-corrected chi connectivity index (χ4v) is 2.11. The molecule has 2 aromatic rings. The lowest BCUT2D eigenvalue weighted by Crippen LogP contribution is -2.18. The molecule has 1 unspecified atom stereocenters. The second kappa shape index (κ2) is 6.29. The van der Waals surface area contributed by atoms with Crippen molar-refractivity contribution in [1.29, 1.82) is 0 Å². The minimum atomic E-state index is -0.343. The molecule has 1 atom stereocenters. The van der Waals surface area contributed by atoms with Crippen molar-refractivity contribution in [3.63, 3.8) is 0 Å². The third kappa shape index (κ3) is 3.09. The van der Waals surface area contributed by atoms with Crippen LogP contribution in [0.2, 0.25) is 0 Å². The fraction of sp³-hybridized carbons (Fsp3) is 0.267. The van der Waals surface area contributed by atoms with Gasteiger partial charge in [-0.2, -0.15) is 0 Å². The van der Waals surface area contributed by atoms with Gasteiger partial charge >= 0.3 is 0 Å². The lowest BCUT2D eigenvalue weighted by Gasteiger charge is -2.18. The zero-order valence-corrected chi connectivity index (χ0v) is 11.1. The molecule has 1 aromatic carbocycles. The molecule has 0 spiro atoms. The molecule has 0 aliphatic carbocycles. The normalized spacial score (nSPS) is 12.2. The second-order valence-corrected chi connectivity index (χ2v) is 4.29. The van der Waals surface area contributed by atoms with E-state index in [0.29, 0.717) is 0 Å². The van der Waals surface area contributed by atoms with Crippen LogP contribution in [0.1, 0.15) is 17.0 Å². The number of benzene rings is 1. The molecular weight excluding hydrogens is 243 g/mol. The highest BCUT2D eigenvalue weighted by Gasteiger charge is 2.15. The van der Waals surface area contributed by atoms with Gasteiger partial charge in [0.25, 0.3) is 0 Å². The number of rotatable bonds is 5. The van der Waals surface area contributed by atoms with Gasteiger partial charge in [0.1, 0.15) is 0 Å². The van der Waals surface area contributed by atoms with E-state index in [4.69, 9.17) is 4.74 Å². The van der Waals surface area contributed by atoms with Crippen LogP contribution in [0.4, 0.5) is 4.39 Å². The Bertz CT molecular complexity index is 531. The van der Waals surface area contributed by atoms with Gasteiger partial charge in [0.2, 0.25) is 0 Å². The average Bonchev–Trinajstić information content (AvgIpc) is 2.45. The number of nitrogens with one attached hydrogen (secondary N) is 1. The van der Waals surface area contributed by atoms with Crippen LogP contribution in [-0.2, 0) is 0 Å². The maximum atomic E-state index is 13.8. The van der Waals surface area contributed by atoms with Gasteiger partial charge < -0.3 is 10.1 Å². The molecule has 1 aromatic heterocycles. The van der Waals surface area contributed by atoms with Gasteiger partial charge in [0, 0.05) is 24.9 Å². The highest BCUT2D eigenvalue weighted by molar-refractivity contribution is 5.36. The first kappa shape index (κ1) is 13.5. The van der Waals surface area contributed by atoms with Crippen molar-refractivity contribution < 1.29 is 9.13 Å². The molecule has 0 saturated heterocycles. The number of pyridine rings is 1. The summed E-state index contributed by atoms with van der Waals surface area (Å²) in [6.45, 7) is 0.720. The first-order valence-corrected chi connectivity index (χ1v) is 6.14. The van der Waals surface area contributed by atoms with Crippen molar-refractivity contribution in [2.75, 3.05) is 20.7 Å². The number of ether oxygens (including phenoxy) is 1. The molecule has 0 amide bonds. The van der Waals surface area contributed by atoms with Crippen molar-refractivity contribution in [3.8, 4) is 5.75 Å². The minimum absolute atomic E-state index is 0.0686. The Morgan fingerprint density at radius 3 is 2.74 bits per heavy atom. The molecule has 19 heavy (non-hydrogen) atoms. The van der Waals surface area contributed by atoms with E-state index >= 15 is 0 Å². The average molecular weight is 260 g/mol. The summed E-state index contributed by atoms with van der Waals surface area (Å²) < 4.78 is 18.7. The standard InChI is InChI=1S/C15H17FN2O/c1-17-10-13(12-4-3-7-18-9-12)11-5-6-15(19-2)14(16)8-11/h3-9,13,17H,10H2,1-2H3. The third-order valence-corrected chi connectivity index (χ3v) is 3.07. The van der Waals surface area contributed by atoms with Crippen molar-refractivity contribution in [3.05, 3.63) is 59.7 Å². The molecule has 0 aliphatic rings. The van der Waals surface area contributed by atoms with Gasteiger partial charge in [-0.15, -0.1) is 0 Å². The van der Waals surface area contributed by atoms with E-state index in [1.165, 1.54) is 13.2 Å². The summed E-state index contributed by atoms with van der Waals surface area (Å²) in [6.07, 6.45) is 3.54. The molecule has 1 N–H and O–H groups in total. The summed E-state index contributed by atoms with van der Waals surface area (Å²) in [7, 11) is 3.34. The Labute approximate surface area is 112 Å². The number of hydrogen-bond donors (Lipinski definition) is 1. The number of halogens is 1. The number of nitrogens with zero attached hydrogens (tertiary/aromatic N) is 1. The van der Waals surface area contributed by atoms with Crippen LogP contribution in [0.3, 0.4) is 0 Å². The molecule has 0 saturated carbocycles. The predicted molar refractivity (Wildman–Crippen MR) is 73.0 cm³/mol. The second-order valence-electron chi connectivity index (χ2n) is 4.29. The van der Waals surface area contributed by atoms with Crippen LogP contribution in [0.15, 0.2) is 42.7 Å². The van der Waals surface area contributed by atoms with E-state index in [1.807, 2.05) is 31.4 Å². The highest BCUT2D eigenvalue weighted by Crippen LogP contribution is 2.27. The monoisotopic (exact) mass is 260 g/mol. The van der Waals surface area contributed by atoms with Crippen molar-refractivity contribution in [2.45, 2.75) is 5.92 Å². The van der Waals surface area contributed by atoms with E-state index in [2.05, 4.69) is 10.3 Å². The maximum absolute atomic E-state index is 13.8. The van der Waals surface area contributed by atoms with Crippen LogP contribution >= 0.6 is 0 Å². The first-order chi connectivity index (χ1) is 9.26. The van der Waals surface area contributed by atoms with Gasteiger partial charge in [-0.25, -0.2) is 4.39 Å². The number of aromatic nitrogens is 1. The summed E-state index contributed by atoms with van der Waals surface area (Å²) in [5.74, 6) is -0.0118. The van der Waals surface area contributed by atoms with Crippen LogP contribution in [0, 0.1) is 5.82 Å². The van der Waals surface area contributed by atoms with Crippen molar-refractivity contribution in [2.24, 2.45) is 0 Å². The first-order valence-electron chi connectivity index (χ1n) is 6.14. The maximum Gasteiger partial charge on any atom is 0.165 e. The zero-order chi connectivity index (χ0) is 13.7. The Morgan fingerprint density at radius 2 is 2.16 bits per heavy atom. The number of likely N-dealkylation sites (N-methyl/N-ethyl adjacent to an activating group) is 1.